The van der Waals surface area contributed by atoms with Gasteiger partial charge in [-0.1, -0.05) is 20.8 Å². The van der Waals surface area contributed by atoms with E-state index in [0.29, 0.717) is 52.2 Å². The van der Waals surface area contributed by atoms with E-state index in [4.69, 9.17) is 19.4 Å². The van der Waals surface area contributed by atoms with Crippen molar-refractivity contribution in [1.29, 1.82) is 0 Å². The predicted molar refractivity (Wildman–Crippen MR) is 164 cm³/mol. The Morgan fingerprint density at radius 2 is 1.73 bits per heavy atom. The highest BCUT2D eigenvalue weighted by atomic mass is 16.6. The van der Waals surface area contributed by atoms with Gasteiger partial charge < -0.3 is 19.4 Å². The van der Waals surface area contributed by atoms with Gasteiger partial charge in [-0.15, -0.1) is 0 Å². The third-order valence-electron chi connectivity index (χ3n) is 9.87. The first-order chi connectivity index (χ1) is 20.9. The lowest BCUT2D eigenvalue weighted by molar-refractivity contribution is -0.140. The first-order valence-electron chi connectivity index (χ1n) is 15.1. The molecule has 3 atom stereocenters. The number of ether oxygens (including phenoxy) is 2. The molecule has 0 radical (unpaired) electrons. The van der Waals surface area contributed by atoms with Crippen molar-refractivity contribution in [3.63, 3.8) is 0 Å². The number of ketones is 1. The van der Waals surface area contributed by atoms with E-state index in [1.807, 2.05) is 33.8 Å². The lowest BCUT2D eigenvalue weighted by Crippen LogP contribution is -2.27. The van der Waals surface area contributed by atoms with E-state index < -0.39 is 17.4 Å². The lowest BCUT2D eigenvalue weighted by atomic mass is 9.80. The molecule has 44 heavy (non-hydrogen) atoms. The van der Waals surface area contributed by atoms with E-state index in [1.165, 1.54) is 7.11 Å². The van der Waals surface area contributed by atoms with Gasteiger partial charge in [0.25, 0.3) is 0 Å². The summed E-state index contributed by atoms with van der Waals surface area (Å²) < 4.78 is 10.2. The zero-order valence-electron chi connectivity index (χ0n) is 26.1. The molecule has 0 saturated heterocycles. The van der Waals surface area contributed by atoms with E-state index in [9.17, 15) is 19.2 Å². The minimum absolute atomic E-state index is 0.0904. The Morgan fingerprint density at radius 1 is 1.00 bits per heavy atom. The molecule has 2 N–H and O–H groups in total. The Kier molecular flexibility index (Phi) is 7.06. The summed E-state index contributed by atoms with van der Waals surface area (Å²) in [4.78, 5) is 69.2. The monoisotopic (exact) mass is 596 g/mol. The van der Waals surface area contributed by atoms with Crippen LogP contribution in [-0.4, -0.2) is 50.7 Å². The van der Waals surface area contributed by atoms with Crippen LogP contribution in [0.15, 0.2) is 18.2 Å². The number of cyclic esters (lactones) is 2. The molecule has 8 bridgehead atoms. The number of aromatic nitrogens is 4. The number of nitrogens with one attached hydrogen (secondary N) is 2. The van der Waals surface area contributed by atoms with E-state index in [0.717, 1.165) is 29.0 Å². The number of aryl methyl sites for hydroxylation is 1. The van der Waals surface area contributed by atoms with Gasteiger partial charge in [-0.05, 0) is 74.9 Å². The van der Waals surface area contributed by atoms with Gasteiger partial charge in [-0.2, -0.15) is 0 Å². The van der Waals surface area contributed by atoms with Gasteiger partial charge >= 0.3 is 17.9 Å². The SMILES string of the molecule is CCC1=C(C)c2cc3[nH]c(c4c5[nH]c(cc6nc(cc1n2)C(=O)C6(C)CC)c(C)c5C(=O)OC4=O)[C@@H](CCC(=O)OC)[C@@H]3C. The Balaban J connectivity index is 1.78. The van der Waals surface area contributed by atoms with E-state index in [2.05, 4.69) is 16.9 Å². The van der Waals surface area contributed by atoms with Crippen LogP contribution in [0.1, 0.15) is 137 Å². The second-order valence-electron chi connectivity index (χ2n) is 12.1. The normalized spacial score (nSPS) is 21.8. The maximum absolute atomic E-state index is 13.8. The number of hydrogen-bond donors (Lipinski definition) is 2. The van der Waals surface area contributed by atoms with Crippen LogP contribution >= 0.6 is 0 Å². The van der Waals surface area contributed by atoms with Crippen molar-refractivity contribution in [1.82, 2.24) is 19.9 Å². The highest BCUT2D eigenvalue weighted by Crippen LogP contribution is 2.44. The van der Waals surface area contributed by atoms with Crippen molar-refractivity contribution in [3.05, 3.63) is 69.1 Å². The number of rotatable bonds is 5. The maximum atomic E-state index is 13.8. The van der Waals surface area contributed by atoms with Crippen LogP contribution in [0.3, 0.4) is 0 Å². The fourth-order valence-electron chi connectivity index (χ4n) is 6.83. The van der Waals surface area contributed by atoms with Crippen molar-refractivity contribution >= 4 is 45.9 Å². The molecule has 10 nitrogen and oxygen atoms in total. The standard InChI is InChI=1S/C34H36N4O6/c1-8-18-15(3)20-12-21-16(4)19(10-11-26(39)43-7)29(37-21)28-30-27(32(41)44-33(28)42)17(5)22(38-30)14-25-34(6,9-2)31(40)24(36-25)13-23(18)35-20/h12-14,16,19,37-38H,8-11H2,1-7H3/t16-,19-,34?/m0/s1. The minimum Gasteiger partial charge on any atom is -0.469 e. The molecule has 6 rings (SSSR count). The third kappa shape index (κ3) is 4.30. The highest BCUT2D eigenvalue weighted by molar-refractivity contribution is 6.18. The van der Waals surface area contributed by atoms with Crippen LogP contribution in [0.2, 0.25) is 0 Å². The number of aromatic amines is 2. The summed E-state index contributed by atoms with van der Waals surface area (Å²) in [6.45, 7) is 11.7. The number of esters is 3. The summed E-state index contributed by atoms with van der Waals surface area (Å²) >= 11 is 0. The molecule has 6 heterocycles. The predicted octanol–water partition coefficient (Wildman–Crippen LogP) is 6.39. The topological polar surface area (TPSA) is 144 Å². The second-order valence-corrected chi connectivity index (χ2v) is 12.1. The number of carbonyl (C=O) groups excluding carboxylic acids is 4. The Hall–Kier alpha value is -4.60. The van der Waals surface area contributed by atoms with Gasteiger partial charge in [0, 0.05) is 35.2 Å². The van der Waals surface area contributed by atoms with Crippen molar-refractivity contribution in [2.24, 2.45) is 0 Å². The third-order valence-corrected chi connectivity index (χ3v) is 9.87. The first kappa shape index (κ1) is 29.5. The number of methoxy groups -OCH3 is 1. The molecule has 4 aliphatic heterocycles. The maximum Gasteiger partial charge on any atom is 0.349 e. The van der Waals surface area contributed by atoms with Gasteiger partial charge in [0.1, 0.15) is 11.3 Å². The van der Waals surface area contributed by atoms with Crippen LogP contribution in [-0.2, 0) is 19.7 Å². The molecule has 1 unspecified atom stereocenters. The molecule has 0 aromatic carbocycles. The van der Waals surface area contributed by atoms with Gasteiger partial charge in [-0.3, -0.25) is 9.59 Å². The van der Waals surface area contributed by atoms with Crippen molar-refractivity contribution < 1.29 is 28.7 Å². The molecule has 0 amide bonds. The number of allylic oxidation sites excluding steroid dienone is 2. The summed E-state index contributed by atoms with van der Waals surface area (Å²) in [5, 5.41) is 0. The Morgan fingerprint density at radius 3 is 2.41 bits per heavy atom. The van der Waals surface area contributed by atoms with Gasteiger partial charge in [0.05, 0.1) is 40.7 Å². The lowest BCUT2D eigenvalue weighted by Gasteiger charge is -2.19. The van der Waals surface area contributed by atoms with Gasteiger partial charge in [-0.25, -0.2) is 19.6 Å². The number of Topliss-reactive ketones (excluding diaryl/α,β-unsaturated/α-hetero) is 1. The second kappa shape index (κ2) is 10.5. The molecular weight excluding hydrogens is 560 g/mol. The molecule has 4 aliphatic rings. The molecule has 0 spiro atoms. The van der Waals surface area contributed by atoms with Crippen LogP contribution in [0, 0.1) is 6.92 Å². The average Bonchev–Trinajstić information content (AvgIpc) is 3.65. The quantitative estimate of drug-likeness (QED) is 0.299. The molecule has 10 heteroatoms. The summed E-state index contributed by atoms with van der Waals surface area (Å²) in [6, 6.07) is 5.54. The molecule has 228 valence electrons. The fourth-order valence-corrected chi connectivity index (χ4v) is 6.83. The van der Waals surface area contributed by atoms with Crippen LogP contribution in [0.4, 0.5) is 0 Å². The minimum atomic E-state index is -0.886. The van der Waals surface area contributed by atoms with Crippen LogP contribution < -0.4 is 0 Å². The van der Waals surface area contributed by atoms with E-state index >= 15 is 0 Å². The molecule has 0 saturated carbocycles. The zero-order chi connectivity index (χ0) is 31.7. The number of nitrogens with zero attached hydrogens (tertiary/aromatic N) is 2. The Bertz CT molecular complexity index is 1890. The summed E-state index contributed by atoms with van der Waals surface area (Å²) in [5.41, 5.74) is 6.82. The van der Waals surface area contributed by atoms with E-state index in [-0.39, 0.29) is 41.1 Å². The molecule has 0 aliphatic carbocycles. The van der Waals surface area contributed by atoms with E-state index in [1.54, 1.807) is 19.1 Å². The first-order valence-corrected chi connectivity index (χ1v) is 15.1. The smallest absolute Gasteiger partial charge is 0.349 e. The van der Waals surface area contributed by atoms with Crippen molar-refractivity contribution in [2.75, 3.05) is 7.11 Å². The van der Waals surface area contributed by atoms with Crippen LogP contribution in [0.25, 0.3) is 22.2 Å². The summed E-state index contributed by atoms with van der Waals surface area (Å²) in [7, 11) is 1.35. The number of carbonyl (C=O) groups is 4. The molecule has 2 aromatic heterocycles. The Labute approximate surface area is 255 Å². The molecular formula is C34H36N4O6. The summed E-state index contributed by atoms with van der Waals surface area (Å²) in [5.74, 6) is -2.37. The van der Waals surface area contributed by atoms with Crippen molar-refractivity contribution in [3.8, 4) is 0 Å². The van der Waals surface area contributed by atoms with Crippen molar-refractivity contribution in [2.45, 2.75) is 84.5 Å². The van der Waals surface area contributed by atoms with Gasteiger partial charge in [0.15, 0.2) is 5.78 Å². The largest absolute Gasteiger partial charge is 0.469 e. The fraction of sp³-hybridized carbons (Fsp3) is 0.412. The number of fused-ring (bicyclic) bond motifs is 8. The van der Waals surface area contributed by atoms with Crippen LogP contribution in [0.5, 0.6) is 0 Å². The summed E-state index contributed by atoms with van der Waals surface area (Å²) in [6.07, 6.45) is 1.79. The molecule has 0 fully saturated rings. The molecule has 2 aromatic rings. The highest BCUT2D eigenvalue weighted by Gasteiger charge is 2.42. The number of hydrogen-bond acceptors (Lipinski definition) is 8. The van der Waals surface area contributed by atoms with Gasteiger partial charge in [0.2, 0.25) is 0 Å². The number of H-pyrrole nitrogens is 2. The average molecular weight is 597 g/mol. The zero-order valence-corrected chi connectivity index (χ0v) is 26.1.